The van der Waals surface area contributed by atoms with E-state index in [0.29, 0.717) is 0 Å². The van der Waals surface area contributed by atoms with Crippen molar-refractivity contribution in [2.75, 3.05) is 13.7 Å². The quantitative estimate of drug-likeness (QED) is 0.681. The van der Waals surface area contributed by atoms with E-state index in [-0.39, 0.29) is 6.04 Å². The first-order chi connectivity index (χ1) is 10.1. The number of hydrogen-bond acceptors (Lipinski definition) is 2. The number of halogens is 2. The molecule has 1 N–H and O–H groups in total. The molecule has 0 fully saturated rings. The first-order valence-corrected chi connectivity index (χ1v) is 8.41. The average Bonchev–Trinajstić information content (AvgIpc) is 2.47. The summed E-state index contributed by atoms with van der Waals surface area (Å²) < 4.78 is 6.69. The number of nitrogens with one attached hydrogen (secondary N) is 1. The van der Waals surface area contributed by atoms with Crippen LogP contribution in [0.5, 0.6) is 5.75 Å². The Kier molecular flexibility index (Phi) is 6.33. The zero-order chi connectivity index (χ0) is 15.2. The Balaban J connectivity index is 2.30. The molecule has 0 aliphatic rings. The minimum atomic E-state index is 0.247. The van der Waals surface area contributed by atoms with E-state index in [1.807, 2.05) is 18.2 Å². The van der Waals surface area contributed by atoms with Gasteiger partial charge in [-0.3, -0.25) is 0 Å². The van der Waals surface area contributed by atoms with Gasteiger partial charge in [0.25, 0.3) is 0 Å². The maximum Gasteiger partial charge on any atom is 0.122 e. The molecule has 2 aromatic rings. The fourth-order valence-corrected chi connectivity index (χ4v) is 3.17. The van der Waals surface area contributed by atoms with Gasteiger partial charge in [0.15, 0.2) is 0 Å². The standard InChI is InChI=1S/C17H19ClINO/c1-3-20-16(12-5-4-6-15(19)10-12)11-13-9-14(18)7-8-17(13)21-2/h4-10,16,20H,3,11H2,1-2H3. The molecule has 21 heavy (non-hydrogen) atoms. The number of hydrogen-bond donors (Lipinski definition) is 1. The van der Waals surface area contributed by atoms with Crippen LogP contribution in [0, 0.1) is 3.57 Å². The minimum Gasteiger partial charge on any atom is -0.496 e. The van der Waals surface area contributed by atoms with Gasteiger partial charge in [-0.1, -0.05) is 30.7 Å². The zero-order valence-corrected chi connectivity index (χ0v) is 15.1. The number of benzene rings is 2. The predicted octanol–water partition coefficient (Wildman–Crippen LogP) is 4.85. The molecule has 0 saturated heterocycles. The van der Waals surface area contributed by atoms with Gasteiger partial charge in [-0.05, 0) is 77.0 Å². The molecular weight excluding hydrogens is 397 g/mol. The molecule has 112 valence electrons. The molecule has 2 rings (SSSR count). The Morgan fingerprint density at radius 2 is 2.05 bits per heavy atom. The van der Waals surface area contributed by atoms with Gasteiger partial charge in [0.05, 0.1) is 7.11 Å². The van der Waals surface area contributed by atoms with E-state index in [2.05, 4.69) is 59.1 Å². The van der Waals surface area contributed by atoms with Gasteiger partial charge in [0.1, 0.15) is 5.75 Å². The van der Waals surface area contributed by atoms with Gasteiger partial charge in [0, 0.05) is 14.6 Å². The van der Waals surface area contributed by atoms with Gasteiger partial charge < -0.3 is 10.1 Å². The summed E-state index contributed by atoms with van der Waals surface area (Å²) in [6.45, 7) is 3.04. The summed E-state index contributed by atoms with van der Waals surface area (Å²) in [5.41, 5.74) is 2.40. The highest BCUT2D eigenvalue weighted by Crippen LogP contribution is 2.28. The topological polar surface area (TPSA) is 21.3 Å². The predicted molar refractivity (Wildman–Crippen MR) is 97.3 cm³/mol. The van der Waals surface area contributed by atoms with E-state index in [0.717, 1.165) is 29.3 Å². The Morgan fingerprint density at radius 1 is 1.24 bits per heavy atom. The molecule has 0 aliphatic heterocycles. The fraction of sp³-hybridized carbons (Fsp3) is 0.294. The van der Waals surface area contributed by atoms with Crippen molar-refractivity contribution in [3.8, 4) is 5.75 Å². The van der Waals surface area contributed by atoms with Crippen molar-refractivity contribution < 1.29 is 4.74 Å². The van der Waals surface area contributed by atoms with Gasteiger partial charge >= 0.3 is 0 Å². The molecule has 1 atom stereocenters. The number of likely N-dealkylation sites (N-methyl/N-ethyl adjacent to an activating group) is 1. The van der Waals surface area contributed by atoms with E-state index in [4.69, 9.17) is 16.3 Å². The third-order valence-electron chi connectivity index (χ3n) is 3.37. The summed E-state index contributed by atoms with van der Waals surface area (Å²) in [4.78, 5) is 0. The fourth-order valence-electron chi connectivity index (χ4n) is 2.40. The lowest BCUT2D eigenvalue weighted by Crippen LogP contribution is -2.23. The molecule has 4 heteroatoms. The smallest absolute Gasteiger partial charge is 0.122 e. The van der Waals surface area contributed by atoms with E-state index in [1.54, 1.807) is 7.11 Å². The summed E-state index contributed by atoms with van der Waals surface area (Å²) in [5.74, 6) is 0.882. The van der Waals surface area contributed by atoms with Crippen LogP contribution in [0.4, 0.5) is 0 Å². The van der Waals surface area contributed by atoms with Crippen LogP contribution in [0.3, 0.4) is 0 Å². The van der Waals surface area contributed by atoms with Crippen molar-refractivity contribution in [2.45, 2.75) is 19.4 Å². The second-order valence-electron chi connectivity index (χ2n) is 4.83. The highest BCUT2D eigenvalue weighted by atomic mass is 127. The molecule has 0 bridgehead atoms. The summed E-state index contributed by atoms with van der Waals surface area (Å²) >= 11 is 8.47. The molecule has 1 unspecified atom stereocenters. The largest absolute Gasteiger partial charge is 0.496 e. The Morgan fingerprint density at radius 3 is 2.71 bits per heavy atom. The van der Waals surface area contributed by atoms with E-state index in [9.17, 15) is 0 Å². The monoisotopic (exact) mass is 415 g/mol. The van der Waals surface area contributed by atoms with Crippen LogP contribution >= 0.6 is 34.2 Å². The molecule has 0 saturated carbocycles. The summed E-state index contributed by atoms with van der Waals surface area (Å²) in [6, 6.07) is 14.6. The Hall–Kier alpha value is -0.780. The molecular formula is C17H19ClINO. The lowest BCUT2D eigenvalue weighted by Gasteiger charge is -2.20. The number of rotatable bonds is 6. The van der Waals surface area contributed by atoms with Gasteiger partial charge in [-0.2, -0.15) is 0 Å². The van der Waals surface area contributed by atoms with Crippen molar-refractivity contribution in [3.05, 3.63) is 62.2 Å². The van der Waals surface area contributed by atoms with Crippen molar-refractivity contribution in [1.29, 1.82) is 0 Å². The van der Waals surface area contributed by atoms with Gasteiger partial charge in [-0.25, -0.2) is 0 Å². The SMILES string of the molecule is CCNC(Cc1cc(Cl)ccc1OC)c1cccc(I)c1. The number of ether oxygens (including phenoxy) is 1. The lowest BCUT2D eigenvalue weighted by molar-refractivity contribution is 0.405. The average molecular weight is 416 g/mol. The summed E-state index contributed by atoms with van der Waals surface area (Å²) in [7, 11) is 1.69. The van der Waals surface area contributed by atoms with Crippen molar-refractivity contribution in [3.63, 3.8) is 0 Å². The van der Waals surface area contributed by atoms with Crippen LogP contribution in [-0.2, 0) is 6.42 Å². The summed E-state index contributed by atoms with van der Waals surface area (Å²) in [6.07, 6.45) is 0.845. The third kappa shape index (κ3) is 4.59. The van der Waals surface area contributed by atoms with Crippen LogP contribution < -0.4 is 10.1 Å². The first kappa shape index (κ1) is 16.6. The second kappa shape index (κ2) is 8.01. The van der Waals surface area contributed by atoms with Crippen molar-refractivity contribution in [2.24, 2.45) is 0 Å². The third-order valence-corrected chi connectivity index (χ3v) is 4.27. The molecule has 0 spiro atoms. The lowest BCUT2D eigenvalue weighted by atomic mass is 9.98. The highest BCUT2D eigenvalue weighted by molar-refractivity contribution is 14.1. The maximum atomic E-state index is 6.13. The normalized spacial score (nSPS) is 12.2. The van der Waals surface area contributed by atoms with Crippen LogP contribution in [0.2, 0.25) is 5.02 Å². The molecule has 0 amide bonds. The zero-order valence-electron chi connectivity index (χ0n) is 12.2. The van der Waals surface area contributed by atoms with E-state index >= 15 is 0 Å². The van der Waals surface area contributed by atoms with E-state index in [1.165, 1.54) is 9.13 Å². The summed E-state index contributed by atoms with van der Waals surface area (Å²) in [5, 5.41) is 4.28. The van der Waals surface area contributed by atoms with Gasteiger partial charge in [-0.15, -0.1) is 0 Å². The Bertz CT molecular complexity index is 603. The Labute approximate surface area is 145 Å². The van der Waals surface area contributed by atoms with Crippen LogP contribution in [0.1, 0.15) is 24.1 Å². The molecule has 2 aromatic carbocycles. The van der Waals surface area contributed by atoms with Crippen LogP contribution in [-0.4, -0.2) is 13.7 Å². The second-order valence-corrected chi connectivity index (χ2v) is 6.51. The van der Waals surface area contributed by atoms with Crippen molar-refractivity contribution >= 4 is 34.2 Å². The van der Waals surface area contributed by atoms with Gasteiger partial charge in [0.2, 0.25) is 0 Å². The highest BCUT2D eigenvalue weighted by Gasteiger charge is 2.14. The molecule has 0 aliphatic carbocycles. The van der Waals surface area contributed by atoms with Crippen LogP contribution in [0.15, 0.2) is 42.5 Å². The maximum absolute atomic E-state index is 6.13. The van der Waals surface area contributed by atoms with Crippen molar-refractivity contribution in [1.82, 2.24) is 5.32 Å². The molecule has 0 heterocycles. The number of methoxy groups -OCH3 is 1. The van der Waals surface area contributed by atoms with Crippen LogP contribution in [0.25, 0.3) is 0 Å². The first-order valence-electron chi connectivity index (χ1n) is 6.95. The molecule has 0 radical (unpaired) electrons. The molecule has 0 aromatic heterocycles. The minimum absolute atomic E-state index is 0.247. The molecule has 2 nitrogen and oxygen atoms in total. The van der Waals surface area contributed by atoms with E-state index < -0.39 is 0 Å².